The summed E-state index contributed by atoms with van der Waals surface area (Å²) in [7, 11) is 3.70. The van der Waals surface area contributed by atoms with Gasteiger partial charge >= 0.3 is 0 Å². The fourth-order valence-electron chi connectivity index (χ4n) is 1.86. The summed E-state index contributed by atoms with van der Waals surface area (Å²) in [5.74, 6) is 0.0788. The van der Waals surface area contributed by atoms with Crippen molar-refractivity contribution in [2.45, 2.75) is 26.7 Å². The summed E-state index contributed by atoms with van der Waals surface area (Å²) < 4.78 is 5.00. The van der Waals surface area contributed by atoms with Crippen molar-refractivity contribution >= 4 is 5.91 Å². The van der Waals surface area contributed by atoms with E-state index in [0.29, 0.717) is 19.7 Å². The number of rotatable bonds is 10. The molecule has 0 saturated carbocycles. The maximum atomic E-state index is 12.1. The molecule has 18 heavy (non-hydrogen) atoms. The first-order valence-electron chi connectivity index (χ1n) is 6.72. The van der Waals surface area contributed by atoms with Gasteiger partial charge in [0.15, 0.2) is 0 Å². The van der Waals surface area contributed by atoms with Crippen molar-refractivity contribution in [2.24, 2.45) is 11.1 Å². The van der Waals surface area contributed by atoms with Crippen LogP contribution < -0.4 is 11.1 Å². The van der Waals surface area contributed by atoms with Gasteiger partial charge in [0.2, 0.25) is 5.91 Å². The van der Waals surface area contributed by atoms with Crippen molar-refractivity contribution in [3.8, 4) is 0 Å². The number of carbonyl (C=O) groups is 1. The highest BCUT2D eigenvalue weighted by Crippen LogP contribution is 2.24. The topological polar surface area (TPSA) is 67.6 Å². The van der Waals surface area contributed by atoms with Crippen LogP contribution in [0.5, 0.6) is 0 Å². The van der Waals surface area contributed by atoms with Crippen LogP contribution in [-0.2, 0) is 9.53 Å². The van der Waals surface area contributed by atoms with Crippen LogP contribution in [0, 0.1) is 5.41 Å². The summed E-state index contributed by atoms with van der Waals surface area (Å²) in [5, 5.41) is 2.98. The molecule has 0 aliphatic carbocycles. The molecule has 3 N–H and O–H groups in total. The number of nitrogens with zero attached hydrogens (tertiary/aromatic N) is 1. The predicted molar refractivity (Wildman–Crippen MR) is 74.5 cm³/mol. The normalized spacial score (nSPS) is 11.9. The highest BCUT2D eigenvalue weighted by Gasteiger charge is 2.32. The van der Waals surface area contributed by atoms with Gasteiger partial charge in [-0.1, -0.05) is 13.8 Å². The number of carbonyl (C=O) groups excluding carboxylic acids is 1. The second kappa shape index (κ2) is 9.30. The minimum Gasteiger partial charge on any atom is -0.383 e. The van der Waals surface area contributed by atoms with Gasteiger partial charge < -0.3 is 20.7 Å². The van der Waals surface area contributed by atoms with Crippen LogP contribution in [0.1, 0.15) is 26.7 Å². The molecule has 1 amide bonds. The first-order chi connectivity index (χ1) is 8.56. The molecule has 0 aliphatic rings. The molecule has 0 aromatic heterocycles. The third-order valence-electron chi connectivity index (χ3n) is 3.68. The molecule has 5 heteroatoms. The van der Waals surface area contributed by atoms with Crippen molar-refractivity contribution < 1.29 is 9.53 Å². The van der Waals surface area contributed by atoms with E-state index in [0.717, 1.165) is 25.9 Å². The Kier molecular flexibility index (Phi) is 8.97. The van der Waals surface area contributed by atoms with E-state index < -0.39 is 5.41 Å². The first-order valence-corrected chi connectivity index (χ1v) is 6.72. The molecular formula is C13H29N3O2. The Morgan fingerprint density at radius 2 is 1.94 bits per heavy atom. The molecule has 0 atom stereocenters. The van der Waals surface area contributed by atoms with Gasteiger partial charge in [0, 0.05) is 33.3 Å². The van der Waals surface area contributed by atoms with Crippen LogP contribution in [0.15, 0.2) is 0 Å². The van der Waals surface area contributed by atoms with Gasteiger partial charge in [0.1, 0.15) is 0 Å². The third-order valence-corrected chi connectivity index (χ3v) is 3.68. The number of methoxy groups -OCH3 is 1. The Morgan fingerprint density at radius 1 is 1.33 bits per heavy atom. The number of ether oxygens (including phenoxy) is 1. The molecule has 0 unspecified atom stereocenters. The van der Waals surface area contributed by atoms with E-state index in [1.54, 1.807) is 7.11 Å². The lowest BCUT2D eigenvalue weighted by molar-refractivity contribution is -0.131. The van der Waals surface area contributed by atoms with E-state index in [-0.39, 0.29) is 5.91 Å². The lowest BCUT2D eigenvalue weighted by Crippen LogP contribution is -2.47. The molecule has 0 rings (SSSR count). The maximum absolute atomic E-state index is 12.1. The number of likely N-dealkylation sites (N-methyl/N-ethyl adjacent to an activating group) is 1. The Bertz CT molecular complexity index is 222. The molecule has 0 bridgehead atoms. The van der Waals surface area contributed by atoms with E-state index in [4.69, 9.17) is 10.5 Å². The quantitative estimate of drug-likeness (QED) is 0.597. The van der Waals surface area contributed by atoms with E-state index >= 15 is 0 Å². The number of hydrogen-bond acceptors (Lipinski definition) is 4. The zero-order valence-electron chi connectivity index (χ0n) is 12.3. The van der Waals surface area contributed by atoms with E-state index in [9.17, 15) is 4.79 Å². The molecule has 5 nitrogen and oxygen atoms in total. The van der Waals surface area contributed by atoms with E-state index in [1.165, 1.54) is 0 Å². The SMILES string of the molecule is CCC(CC)(CN)C(=O)NCCN(C)CCOC. The molecule has 0 spiro atoms. The number of amides is 1. The number of hydrogen-bond donors (Lipinski definition) is 2. The smallest absolute Gasteiger partial charge is 0.227 e. The average Bonchev–Trinajstić information content (AvgIpc) is 2.39. The van der Waals surface area contributed by atoms with Crippen LogP contribution in [-0.4, -0.2) is 57.8 Å². The van der Waals surface area contributed by atoms with E-state index in [2.05, 4.69) is 10.2 Å². The fourth-order valence-corrected chi connectivity index (χ4v) is 1.86. The summed E-state index contributed by atoms with van der Waals surface area (Å²) >= 11 is 0. The maximum Gasteiger partial charge on any atom is 0.227 e. The minimum atomic E-state index is -0.398. The Labute approximate surface area is 111 Å². The van der Waals surface area contributed by atoms with E-state index in [1.807, 2.05) is 20.9 Å². The summed E-state index contributed by atoms with van der Waals surface area (Å²) in [5.41, 5.74) is 5.34. The molecule has 0 saturated heterocycles. The van der Waals surface area contributed by atoms with Crippen LogP contribution in [0.4, 0.5) is 0 Å². The largest absolute Gasteiger partial charge is 0.383 e. The van der Waals surface area contributed by atoms with Crippen molar-refractivity contribution in [1.82, 2.24) is 10.2 Å². The van der Waals surface area contributed by atoms with Crippen molar-refractivity contribution in [2.75, 3.05) is 46.9 Å². The molecule has 108 valence electrons. The molecule has 0 aliphatic heterocycles. The molecular weight excluding hydrogens is 230 g/mol. The van der Waals surface area contributed by atoms with Crippen LogP contribution >= 0.6 is 0 Å². The summed E-state index contributed by atoms with van der Waals surface area (Å²) in [4.78, 5) is 14.3. The highest BCUT2D eigenvalue weighted by atomic mass is 16.5. The summed E-state index contributed by atoms with van der Waals surface area (Å²) in [6, 6.07) is 0. The second-order valence-electron chi connectivity index (χ2n) is 4.74. The second-order valence-corrected chi connectivity index (χ2v) is 4.74. The van der Waals surface area contributed by atoms with Crippen LogP contribution in [0.2, 0.25) is 0 Å². The molecule has 0 heterocycles. The van der Waals surface area contributed by atoms with Gasteiger partial charge in [-0.2, -0.15) is 0 Å². The monoisotopic (exact) mass is 259 g/mol. The Morgan fingerprint density at radius 3 is 2.39 bits per heavy atom. The first kappa shape index (κ1) is 17.4. The third kappa shape index (κ3) is 5.33. The Balaban J connectivity index is 4.02. The lowest BCUT2D eigenvalue weighted by Gasteiger charge is -2.29. The zero-order valence-corrected chi connectivity index (χ0v) is 12.3. The average molecular weight is 259 g/mol. The standard InChI is InChI=1S/C13H29N3O2/c1-5-13(6-2,11-14)12(17)15-7-8-16(3)9-10-18-4/h5-11,14H2,1-4H3,(H,15,17). The zero-order chi connectivity index (χ0) is 14.0. The fraction of sp³-hybridized carbons (Fsp3) is 0.923. The van der Waals surface area contributed by atoms with Gasteiger partial charge in [-0.15, -0.1) is 0 Å². The molecule has 0 aromatic rings. The van der Waals surface area contributed by atoms with Gasteiger partial charge in [-0.3, -0.25) is 4.79 Å². The van der Waals surface area contributed by atoms with Crippen LogP contribution in [0.3, 0.4) is 0 Å². The van der Waals surface area contributed by atoms with Crippen molar-refractivity contribution in [3.63, 3.8) is 0 Å². The summed E-state index contributed by atoms with van der Waals surface area (Å²) in [6.45, 7) is 7.49. The number of nitrogens with one attached hydrogen (secondary N) is 1. The number of nitrogens with two attached hydrogens (primary N) is 1. The lowest BCUT2D eigenvalue weighted by atomic mass is 9.81. The van der Waals surface area contributed by atoms with Crippen molar-refractivity contribution in [1.29, 1.82) is 0 Å². The van der Waals surface area contributed by atoms with Gasteiger partial charge in [-0.05, 0) is 19.9 Å². The highest BCUT2D eigenvalue weighted by molar-refractivity contribution is 5.82. The predicted octanol–water partition coefficient (Wildman–Crippen LogP) is 0.446. The van der Waals surface area contributed by atoms with Crippen molar-refractivity contribution in [3.05, 3.63) is 0 Å². The minimum absolute atomic E-state index is 0.0788. The van der Waals surface area contributed by atoms with Crippen LogP contribution in [0.25, 0.3) is 0 Å². The van der Waals surface area contributed by atoms with Gasteiger partial charge in [0.25, 0.3) is 0 Å². The Hall–Kier alpha value is -0.650. The molecule has 0 aromatic carbocycles. The molecule has 0 fully saturated rings. The van der Waals surface area contributed by atoms with Gasteiger partial charge in [-0.25, -0.2) is 0 Å². The summed E-state index contributed by atoms with van der Waals surface area (Å²) in [6.07, 6.45) is 1.57. The molecule has 0 radical (unpaired) electrons. The van der Waals surface area contributed by atoms with Gasteiger partial charge in [0.05, 0.1) is 12.0 Å².